The second kappa shape index (κ2) is 9.01. The lowest BCUT2D eigenvalue weighted by Gasteiger charge is -2.36. The van der Waals surface area contributed by atoms with E-state index in [2.05, 4.69) is 32.8 Å². The van der Waals surface area contributed by atoms with E-state index in [1.54, 1.807) is 17.2 Å². The second-order valence-electron chi connectivity index (χ2n) is 8.29. The van der Waals surface area contributed by atoms with Gasteiger partial charge in [0.25, 0.3) is 0 Å². The maximum atomic E-state index is 16.0. The van der Waals surface area contributed by atoms with Crippen LogP contribution in [0.3, 0.4) is 0 Å². The van der Waals surface area contributed by atoms with Crippen molar-refractivity contribution in [2.24, 2.45) is 5.73 Å². The first-order valence-electron chi connectivity index (χ1n) is 10.9. The fraction of sp³-hybridized carbons (Fsp3) is 0.304. The number of thiol groups is 1. The Morgan fingerprint density at radius 1 is 1.24 bits per heavy atom. The normalized spacial score (nSPS) is 15.3. The van der Waals surface area contributed by atoms with Crippen LogP contribution in [-0.4, -0.2) is 68.9 Å². The Hall–Kier alpha value is -2.95. The number of nitrogens with zero attached hydrogens (tertiary/aromatic N) is 5. The highest BCUT2D eigenvalue weighted by molar-refractivity contribution is 7.81. The summed E-state index contributed by atoms with van der Waals surface area (Å²) in [5, 5.41) is 8.09. The lowest BCUT2D eigenvalue weighted by Crippen LogP contribution is -2.52. The molecule has 1 saturated heterocycles. The number of carbonyl (C=O) groups excluding carboxylic acids is 1. The van der Waals surface area contributed by atoms with E-state index in [1.807, 2.05) is 24.0 Å². The molecule has 0 unspecified atom stereocenters. The number of carbonyl (C=O) groups is 1. The number of nitrogens with two attached hydrogens (primary N) is 1. The summed E-state index contributed by atoms with van der Waals surface area (Å²) < 4.78 is 16.0. The molecule has 0 bridgehead atoms. The number of aryl methyl sites for hydroxylation is 1. The van der Waals surface area contributed by atoms with Gasteiger partial charge in [0.2, 0.25) is 5.91 Å². The first-order chi connectivity index (χ1) is 16.4. The molecule has 1 atom stereocenters. The minimum Gasteiger partial charge on any atom is -0.352 e. The topological polar surface area (TPSA) is 104 Å². The van der Waals surface area contributed by atoms with Crippen molar-refractivity contribution in [3.8, 4) is 11.1 Å². The number of aromatic amines is 1. The molecule has 0 spiro atoms. The molecule has 176 valence electrons. The summed E-state index contributed by atoms with van der Waals surface area (Å²) in [6, 6.07) is 5.53. The van der Waals surface area contributed by atoms with E-state index in [1.165, 1.54) is 6.33 Å². The van der Waals surface area contributed by atoms with Gasteiger partial charge in [-0.25, -0.2) is 14.4 Å². The maximum Gasteiger partial charge on any atom is 0.236 e. The zero-order chi connectivity index (χ0) is 24.0. The fourth-order valence-electron chi connectivity index (χ4n) is 4.51. The average Bonchev–Trinajstić information content (AvgIpc) is 3.33. The van der Waals surface area contributed by atoms with Crippen LogP contribution < -0.4 is 10.6 Å². The molecular formula is C23H23ClFN7OS. The highest BCUT2D eigenvalue weighted by Gasteiger charge is 2.27. The molecule has 2 aromatic carbocycles. The largest absolute Gasteiger partial charge is 0.352 e. The van der Waals surface area contributed by atoms with Crippen molar-refractivity contribution in [1.82, 2.24) is 25.1 Å². The molecule has 3 heterocycles. The van der Waals surface area contributed by atoms with Crippen molar-refractivity contribution in [2.45, 2.75) is 12.2 Å². The smallest absolute Gasteiger partial charge is 0.236 e. The minimum atomic E-state index is -0.513. The SMILES string of the molecule is Cc1ccc2[nH]ncc2c1-c1c(Cl)cc2c(N3CCN(C(=O)[C@@H](S)CN)CC3)ncnc2c1F. The molecule has 1 fully saturated rings. The van der Waals surface area contributed by atoms with Gasteiger partial charge in [0, 0.05) is 54.6 Å². The van der Waals surface area contributed by atoms with Crippen LogP contribution in [0.25, 0.3) is 32.9 Å². The predicted molar refractivity (Wildman–Crippen MR) is 135 cm³/mol. The number of H-pyrrole nitrogens is 1. The van der Waals surface area contributed by atoms with Crippen LogP contribution in [0.4, 0.5) is 10.2 Å². The van der Waals surface area contributed by atoms with Crippen molar-refractivity contribution in [1.29, 1.82) is 0 Å². The number of nitrogens with one attached hydrogen (secondary N) is 1. The summed E-state index contributed by atoms with van der Waals surface area (Å²) in [7, 11) is 0. The molecule has 1 aliphatic rings. The molecule has 8 nitrogen and oxygen atoms in total. The van der Waals surface area contributed by atoms with Gasteiger partial charge in [0.05, 0.1) is 22.0 Å². The Balaban J connectivity index is 1.55. The van der Waals surface area contributed by atoms with Gasteiger partial charge in [-0.3, -0.25) is 9.89 Å². The quantitative estimate of drug-likeness (QED) is 0.373. The van der Waals surface area contributed by atoms with Gasteiger partial charge in [-0.2, -0.15) is 17.7 Å². The van der Waals surface area contributed by atoms with Gasteiger partial charge in [-0.1, -0.05) is 17.7 Å². The number of piperazine rings is 1. The third kappa shape index (κ3) is 3.75. The molecule has 11 heteroatoms. The lowest BCUT2D eigenvalue weighted by molar-refractivity contribution is -0.130. The Kier molecular flexibility index (Phi) is 6.05. The molecule has 2 aromatic heterocycles. The van der Waals surface area contributed by atoms with E-state index < -0.39 is 11.1 Å². The van der Waals surface area contributed by atoms with E-state index in [-0.39, 0.29) is 23.0 Å². The predicted octanol–water partition coefficient (Wildman–Crippen LogP) is 3.18. The summed E-state index contributed by atoms with van der Waals surface area (Å²) in [5.74, 6) is 0.00196. The number of benzene rings is 2. The minimum absolute atomic E-state index is 0.0828. The van der Waals surface area contributed by atoms with Crippen LogP contribution in [0.5, 0.6) is 0 Å². The third-order valence-corrected chi connectivity index (χ3v) is 7.01. The van der Waals surface area contributed by atoms with Crippen LogP contribution in [0.1, 0.15) is 5.56 Å². The van der Waals surface area contributed by atoms with Gasteiger partial charge in [0.1, 0.15) is 17.7 Å². The number of aromatic nitrogens is 4. The number of hydrogen-bond donors (Lipinski definition) is 3. The van der Waals surface area contributed by atoms with Gasteiger partial charge < -0.3 is 15.5 Å². The van der Waals surface area contributed by atoms with E-state index >= 15 is 4.39 Å². The summed E-state index contributed by atoms with van der Waals surface area (Å²) >= 11 is 10.9. The molecule has 5 rings (SSSR count). The number of anilines is 1. The van der Waals surface area contributed by atoms with Crippen molar-refractivity contribution in [2.75, 3.05) is 37.6 Å². The van der Waals surface area contributed by atoms with E-state index in [4.69, 9.17) is 17.3 Å². The van der Waals surface area contributed by atoms with Crippen LogP contribution in [0.2, 0.25) is 5.02 Å². The Labute approximate surface area is 205 Å². The Morgan fingerprint density at radius 3 is 2.74 bits per heavy atom. The molecular weight excluding hydrogens is 477 g/mol. The van der Waals surface area contributed by atoms with Crippen LogP contribution >= 0.6 is 24.2 Å². The van der Waals surface area contributed by atoms with E-state index in [0.717, 1.165) is 16.5 Å². The summed E-state index contributed by atoms with van der Waals surface area (Å²) in [6.07, 6.45) is 3.03. The monoisotopic (exact) mass is 499 g/mol. The van der Waals surface area contributed by atoms with Crippen molar-refractivity contribution >= 4 is 57.8 Å². The molecule has 0 aliphatic carbocycles. The first kappa shape index (κ1) is 22.8. The van der Waals surface area contributed by atoms with Gasteiger partial charge in [-0.05, 0) is 24.6 Å². The summed E-state index contributed by atoms with van der Waals surface area (Å²) in [5.41, 5.74) is 8.42. The molecule has 3 N–H and O–H groups in total. The molecule has 1 aliphatic heterocycles. The standard InChI is InChI=1S/C23H23ClFN7OS/c1-12-2-3-16-14(10-29-30-16)18(12)19-15(24)8-13-21(20(19)25)27-11-28-22(13)31-4-6-32(7-5-31)23(33)17(34)9-26/h2-3,8,10-11,17,34H,4-7,9,26H2,1H3,(H,29,30)/t17-/m0/s1. The van der Waals surface area contributed by atoms with Crippen LogP contribution in [-0.2, 0) is 4.79 Å². The molecule has 1 amide bonds. The highest BCUT2D eigenvalue weighted by Crippen LogP contribution is 2.41. The number of rotatable bonds is 4. The Morgan fingerprint density at radius 2 is 2.00 bits per heavy atom. The number of amides is 1. The zero-order valence-electron chi connectivity index (χ0n) is 18.4. The average molecular weight is 500 g/mol. The molecule has 4 aromatic rings. The van der Waals surface area contributed by atoms with Crippen molar-refractivity contribution in [3.63, 3.8) is 0 Å². The third-order valence-electron chi connectivity index (χ3n) is 6.28. The Bertz CT molecular complexity index is 1400. The van der Waals surface area contributed by atoms with E-state index in [9.17, 15) is 4.79 Å². The molecule has 0 radical (unpaired) electrons. The van der Waals surface area contributed by atoms with Crippen LogP contribution in [0.15, 0.2) is 30.7 Å². The zero-order valence-corrected chi connectivity index (χ0v) is 20.1. The van der Waals surface area contributed by atoms with Gasteiger partial charge in [0.15, 0.2) is 5.82 Å². The van der Waals surface area contributed by atoms with Crippen molar-refractivity contribution < 1.29 is 9.18 Å². The summed E-state index contributed by atoms with van der Waals surface area (Å²) in [6.45, 7) is 4.17. The van der Waals surface area contributed by atoms with E-state index in [0.29, 0.717) is 48.5 Å². The fourth-order valence-corrected chi connectivity index (χ4v) is 4.96. The molecule has 34 heavy (non-hydrogen) atoms. The second-order valence-corrected chi connectivity index (χ2v) is 9.32. The first-order valence-corrected chi connectivity index (χ1v) is 11.8. The highest BCUT2D eigenvalue weighted by atomic mass is 35.5. The van der Waals surface area contributed by atoms with Crippen molar-refractivity contribution in [3.05, 3.63) is 47.1 Å². The molecule has 0 saturated carbocycles. The summed E-state index contributed by atoms with van der Waals surface area (Å²) in [4.78, 5) is 24.8. The number of halogens is 2. The lowest BCUT2D eigenvalue weighted by atomic mass is 9.95. The number of hydrogen-bond acceptors (Lipinski definition) is 7. The number of fused-ring (bicyclic) bond motifs is 2. The van der Waals surface area contributed by atoms with Gasteiger partial charge >= 0.3 is 0 Å². The maximum absolute atomic E-state index is 16.0. The van der Waals surface area contributed by atoms with Gasteiger partial charge in [-0.15, -0.1) is 0 Å². The van der Waals surface area contributed by atoms with Crippen LogP contribution in [0, 0.1) is 12.7 Å².